The summed E-state index contributed by atoms with van der Waals surface area (Å²) in [6.45, 7) is 2.74. The Morgan fingerprint density at radius 3 is 2.53 bits per heavy atom. The number of hydrogen-bond donors (Lipinski definition) is 2. The molecule has 0 saturated heterocycles. The maximum Gasteiger partial charge on any atom is 0.228 e. The zero-order valence-electron chi connectivity index (χ0n) is 9.29. The lowest BCUT2D eigenvalue weighted by Gasteiger charge is -2.14. The van der Waals surface area contributed by atoms with Crippen LogP contribution in [0.1, 0.15) is 13.3 Å². The summed E-state index contributed by atoms with van der Waals surface area (Å²) < 4.78 is 0. The van der Waals surface area contributed by atoms with E-state index in [4.69, 9.17) is 0 Å². The van der Waals surface area contributed by atoms with Crippen molar-refractivity contribution in [3.63, 3.8) is 0 Å². The Balaban J connectivity index is 2.54. The SMILES string of the molecule is CCC(CNC)C(=O)Nc1ccccc1. The topological polar surface area (TPSA) is 41.1 Å². The second kappa shape index (κ2) is 6.19. The van der Waals surface area contributed by atoms with E-state index >= 15 is 0 Å². The van der Waals surface area contributed by atoms with Gasteiger partial charge in [-0.2, -0.15) is 0 Å². The standard InChI is InChI=1S/C12H18N2O/c1-3-10(9-13-2)12(15)14-11-7-5-4-6-8-11/h4-8,10,13H,3,9H2,1-2H3,(H,14,15). The molecule has 1 atom stereocenters. The monoisotopic (exact) mass is 206 g/mol. The van der Waals surface area contributed by atoms with Gasteiger partial charge in [-0.1, -0.05) is 25.1 Å². The summed E-state index contributed by atoms with van der Waals surface area (Å²) in [5, 5.41) is 5.92. The van der Waals surface area contributed by atoms with E-state index < -0.39 is 0 Å². The molecular formula is C12H18N2O. The van der Waals surface area contributed by atoms with Gasteiger partial charge in [0.2, 0.25) is 5.91 Å². The summed E-state index contributed by atoms with van der Waals surface area (Å²) in [6.07, 6.45) is 0.847. The largest absolute Gasteiger partial charge is 0.326 e. The summed E-state index contributed by atoms with van der Waals surface area (Å²) in [6, 6.07) is 9.54. The number of anilines is 1. The fraction of sp³-hybridized carbons (Fsp3) is 0.417. The Kier molecular flexibility index (Phi) is 4.84. The van der Waals surface area contributed by atoms with Gasteiger partial charge in [0.15, 0.2) is 0 Å². The van der Waals surface area contributed by atoms with Crippen LogP contribution in [-0.2, 0) is 4.79 Å². The van der Waals surface area contributed by atoms with Crippen LogP contribution in [0.15, 0.2) is 30.3 Å². The highest BCUT2D eigenvalue weighted by atomic mass is 16.1. The smallest absolute Gasteiger partial charge is 0.228 e. The Labute approximate surface area is 90.9 Å². The minimum Gasteiger partial charge on any atom is -0.326 e. The third-order valence-electron chi connectivity index (χ3n) is 2.36. The molecule has 0 radical (unpaired) electrons. The average Bonchev–Trinajstić information content (AvgIpc) is 2.27. The van der Waals surface area contributed by atoms with E-state index in [1.165, 1.54) is 0 Å². The summed E-state index contributed by atoms with van der Waals surface area (Å²) >= 11 is 0. The van der Waals surface area contributed by atoms with Gasteiger partial charge in [0.1, 0.15) is 0 Å². The van der Waals surface area contributed by atoms with E-state index in [1.807, 2.05) is 44.3 Å². The van der Waals surface area contributed by atoms with E-state index in [9.17, 15) is 4.79 Å². The van der Waals surface area contributed by atoms with Crippen LogP contribution in [0.4, 0.5) is 5.69 Å². The molecule has 0 fully saturated rings. The number of nitrogens with one attached hydrogen (secondary N) is 2. The molecule has 0 aliphatic heterocycles. The zero-order valence-corrected chi connectivity index (χ0v) is 9.29. The number of carbonyl (C=O) groups excluding carboxylic acids is 1. The zero-order chi connectivity index (χ0) is 11.1. The van der Waals surface area contributed by atoms with Crippen LogP contribution in [0.25, 0.3) is 0 Å². The van der Waals surface area contributed by atoms with Crippen molar-refractivity contribution in [2.24, 2.45) is 5.92 Å². The molecule has 1 aromatic rings. The van der Waals surface area contributed by atoms with Gasteiger partial charge >= 0.3 is 0 Å². The maximum atomic E-state index is 11.8. The van der Waals surface area contributed by atoms with Gasteiger partial charge in [-0.15, -0.1) is 0 Å². The molecule has 1 amide bonds. The van der Waals surface area contributed by atoms with Crippen LogP contribution >= 0.6 is 0 Å². The molecule has 15 heavy (non-hydrogen) atoms. The van der Waals surface area contributed by atoms with E-state index in [-0.39, 0.29) is 11.8 Å². The van der Waals surface area contributed by atoms with Crippen molar-refractivity contribution in [2.45, 2.75) is 13.3 Å². The molecule has 0 aliphatic rings. The van der Waals surface area contributed by atoms with Crippen molar-refractivity contribution < 1.29 is 4.79 Å². The fourth-order valence-corrected chi connectivity index (χ4v) is 1.43. The van der Waals surface area contributed by atoms with Crippen LogP contribution in [0.5, 0.6) is 0 Å². The second-order valence-electron chi connectivity index (χ2n) is 3.52. The summed E-state index contributed by atoms with van der Waals surface area (Å²) in [5.41, 5.74) is 0.858. The lowest BCUT2D eigenvalue weighted by Crippen LogP contribution is -2.30. The molecule has 3 nitrogen and oxygen atoms in total. The number of hydrogen-bond acceptors (Lipinski definition) is 2. The molecule has 1 unspecified atom stereocenters. The lowest BCUT2D eigenvalue weighted by atomic mass is 10.1. The molecule has 0 spiro atoms. The first-order valence-electron chi connectivity index (χ1n) is 5.28. The van der Waals surface area contributed by atoms with Crippen LogP contribution < -0.4 is 10.6 Å². The normalized spacial score (nSPS) is 12.1. The molecule has 3 heteroatoms. The first-order valence-corrected chi connectivity index (χ1v) is 5.28. The summed E-state index contributed by atoms with van der Waals surface area (Å²) in [5.74, 6) is 0.119. The van der Waals surface area contributed by atoms with E-state index in [1.54, 1.807) is 0 Å². The molecule has 0 heterocycles. The number of para-hydroxylation sites is 1. The molecule has 0 aromatic heterocycles. The second-order valence-corrected chi connectivity index (χ2v) is 3.52. The Bertz CT molecular complexity index is 298. The van der Waals surface area contributed by atoms with Gasteiger partial charge in [0.05, 0.1) is 5.92 Å². The van der Waals surface area contributed by atoms with Gasteiger partial charge in [-0.05, 0) is 25.6 Å². The quantitative estimate of drug-likeness (QED) is 0.772. The van der Waals surface area contributed by atoms with Gasteiger partial charge in [-0.25, -0.2) is 0 Å². The first-order chi connectivity index (χ1) is 7.27. The van der Waals surface area contributed by atoms with Crippen molar-refractivity contribution in [3.05, 3.63) is 30.3 Å². The number of rotatable bonds is 5. The number of benzene rings is 1. The Morgan fingerprint density at radius 1 is 1.33 bits per heavy atom. The molecular weight excluding hydrogens is 188 g/mol. The third-order valence-corrected chi connectivity index (χ3v) is 2.36. The number of carbonyl (C=O) groups is 1. The van der Waals surface area contributed by atoms with E-state index in [0.29, 0.717) is 0 Å². The highest BCUT2D eigenvalue weighted by Gasteiger charge is 2.14. The van der Waals surface area contributed by atoms with Gasteiger partial charge in [-0.3, -0.25) is 4.79 Å². The number of amides is 1. The minimum atomic E-state index is 0.0372. The summed E-state index contributed by atoms with van der Waals surface area (Å²) in [4.78, 5) is 11.8. The summed E-state index contributed by atoms with van der Waals surface area (Å²) in [7, 11) is 1.86. The molecule has 0 bridgehead atoms. The predicted molar refractivity (Wildman–Crippen MR) is 62.8 cm³/mol. The Morgan fingerprint density at radius 2 is 2.00 bits per heavy atom. The van der Waals surface area contributed by atoms with Gasteiger partial charge < -0.3 is 10.6 Å². The lowest BCUT2D eigenvalue weighted by molar-refractivity contribution is -0.119. The predicted octanol–water partition coefficient (Wildman–Crippen LogP) is 1.87. The molecule has 1 rings (SSSR count). The molecule has 2 N–H and O–H groups in total. The van der Waals surface area contributed by atoms with Gasteiger partial charge in [0, 0.05) is 12.2 Å². The van der Waals surface area contributed by atoms with E-state index in [2.05, 4.69) is 10.6 Å². The molecule has 82 valence electrons. The minimum absolute atomic E-state index is 0.0372. The fourth-order valence-electron chi connectivity index (χ4n) is 1.43. The van der Waals surface area contributed by atoms with Crippen LogP contribution in [-0.4, -0.2) is 19.5 Å². The van der Waals surface area contributed by atoms with Crippen molar-refractivity contribution in [1.29, 1.82) is 0 Å². The average molecular weight is 206 g/mol. The van der Waals surface area contributed by atoms with Crippen LogP contribution in [0.3, 0.4) is 0 Å². The molecule has 0 saturated carbocycles. The highest BCUT2D eigenvalue weighted by molar-refractivity contribution is 5.92. The Hall–Kier alpha value is -1.35. The highest BCUT2D eigenvalue weighted by Crippen LogP contribution is 2.09. The van der Waals surface area contributed by atoms with Crippen molar-refractivity contribution >= 4 is 11.6 Å². The van der Waals surface area contributed by atoms with Crippen molar-refractivity contribution in [3.8, 4) is 0 Å². The first kappa shape index (κ1) is 11.7. The van der Waals surface area contributed by atoms with Gasteiger partial charge in [0.25, 0.3) is 0 Å². The van der Waals surface area contributed by atoms with Crippen LogP contribution in [0.2, 0.25) is 0 Å². The molecule has 1 aromatic carbocycles. The van der Waals surface area contributed by atoms with Crippen molar-refractivity contribution in [1.82, 2.24) is 5.32 Å². The molecule has 0 aliphatic carbocycles. The maximum absolute atomic E-state index is 11.8. The van der Waals surface area contributed by atoms with Crippen molar-refractivity contribution in [2.75, 3.05) is 18.9 Å². The van der Waals surface area contributed by atoms with E-state index in [0.717, 1.165) is 18.7 Å². The van der Waals surface area contributed by atoms with Crippen LogP contribution in [0, 0.1) is 5.92 Å². The third kappa shape index (κ3) is 3.72.